The second-order valence-electron chi connectivity index (χ2n) is 7.99. The Labute approximate surface area is 193 Å². The number of rotatable bonds is 7. The summed E-state index contributed by atoms with van der Waals surface area (Å²) in [7, 11) is 3.17. The molecule has 3 aromatic carbocycles. The number of imide groups is 1. The number of carbonyl (C=O) groups is 2. The van der Waals surface area contributed by atoms with Crippen LogP contribution in [0.5, 0.6) is 11.5 Å². The zero-order chi connectivity index (χ0) is 23.5. The normalized spacial score (nSPS) is 13.5. The summed E-state index contributed by atoms with van der Waals surface area (Å²) >= 11 is 0. The van der Waals surface area contributed by atoms with Gasteiger partial charge in [-0.1, -0.05) is 48.0 Å². The summed E-state index contributed by atoms with van der Waals surface area (Å²) in [5, 5.41) is 3.20. The Morgan fingerprint density at radius 3 is 2.09 bits per heavy atom. The fourth-order valence-electron chi connectivity index (χ4n) is 3.79. The van der Waals surface area contributed by atoms with E-state index in [0.29, 0.717) is 28.3 Å². The van der Waals surface area contributed by atoms with Crippen molar-refractivity contribution in [2.45, 2.75) is 20.4 Å². The van der Waals surface area contributed by atoms with Crippen LogP contribution in [-0.2, 0) is 16.1 Å². The van der Waals surface area contributed by atoms with Crippen molar-refractivity contribution in [3.05, 3.63) is 94.7 Å². The first-order valence-corrected chi connectivity index (χ1v) is 10.6. The van der Waals surface area contributed by atoms with Gasteiger partial charge in [-0.05, 0) is 54.8 Å². The van der Waals surface area contributed by atoms with Crippen LogP contribution in [0.1, 0.15) is 22.3 Å². The zero-order valence-electron chi connectivity index (χ0n) is 19.1. The van der Waals surface area contributed by atoms with Crippen molar-refractivity contribution in [2.24, 2.45) is 0 Å². The maximum Gasteiger partial charge on any atom is 0.278 e. The van der Waals surface area contributed by atoms with Crippen LogP contribution in [0, 0.1) is 13.8 Å². The number of amides is 2. The molecule has 0 aromatic heterocycles. The lowest BCUT2D eigenvalue weighted by Crippen LogP contribution is -2.32. The Hall–Kier alpha value is -4.06. The van der Waals surface area contributed by atoms with E-state index in [1.165, 1.54) is 4.90 Å². The lowest BCUT2D eigenvalue weighted by molar-refractivity contribution is -0.137. The molecule has 2 amide bonds. The number of anilines is 1. The molecule has 0 spiro atoms. The van der Waals surface area contributed by atoms with Crippen LogP contribution < -0.4 is 14.8 Å². The number of benzene rings is 3. The average molecular weight is 443 g/mol. The highest BCUT2D eigenvalue weighted by molar-refractivity contribution is 6.36. The maximum atomic E-state index is 13.5. The summed E-state index contributed by atoms with van der Waals surface area (Å²) in [6, 6.07) is 20.5. The standard InChI is InChI=1S/C27H26N2O4/c1-17-5-10-20(11-6-17)24-25(28-22-15-18(2)7-14-23(22)33-4)27(31)29(26(24)30)16-19-8-12-21(32-3)13-9-19/h5-15,28H,16H2,1-4H3. The fraction of sp³-hybridized carbons (Fsp3) is 0.185. The van der Waals surface area contributed by atoms with E-state index in [-0.39, 0.29) is 24.1 Å². The highest BCUT2D eigenvalue weighted by Crippen LogP contribution is 2.34. The Balaban J connectivity index is 1.74. The lowest BCUT2D eigenvalue weighted by Gasteiger charge is -2.16. The van der Waals surface area contributed by atoms with E-state index in [9.17, 15) is 9.59 Å². The third kappa shape index (κ3) is 4.46. The summed E-state index contributed by atoms with van der Waals surface area (Å²) in [5.41, 5.74) is 4.80. The molecular formula is C27H26N2O4. The molecule has 4 rings (SSSR count). The fourth-order valence-corrected chi connectivity index (χ4v) is 3.79. The summed E-state index contributed by atoms with van der Waals surface area (Å²) < 4.78 is 10.7. The molecule has 0 aliphatic carbocycles. The Morgan fingerprint density at radius 1 is 0.788 bits per heavy atom. The smallest absolute Gasteiger partial charge is 0.278 e. The maximum absolute atomic E-state index is 13.5. The summed E-state index contributed by atoms with van der Waals surface area (Å²) in [4.78, 5) is 28.3. The predicted molar refractivity (Wildman–Crippen MR) is 128 cm³/mol. The van der Waals surface area contributed by atoms with E-state index in [2.05, 4.69) is 5.32 Å². The van der Waals surface area contributed by atoms with Gasteiger partial charge in [0.05, 0.1) is 32.0 Å². The van der Waals surface area contributed by atoms with Gasteiger partial charge in [-0.3, -0.25) is 14.5 Å². The summed E-state index contributed by atoms with van der Waals surface area (Å²) in [6.45, 7) is 4.09. The van der Waals surface area contributed by atoms with Crippen LogP contribution in [0.25, 0.3) is 5.57 Å². The van der Waals surface area contributed by atoms with E-state index in [1.807, 2.05) is 80.6 Å². The summed E-state index contributed by atoms with van der Waals surface area (Å²) in [6.07, 6.45) is 0. The Kier molecular flexibility index (Phi) is 6.18. The molecule has 0 radical (unpaired) electrons. The van der Waals surface area contributed by atoms with Crippen LogP contribution in [-0.4, -0.2) is 30.9 Å². The van der Waals surface area contributed by atoms with E-state index in [4.69, 9.17) is 9.47 Å². The molecule has 0 saturated carbocycles. The molecular weight excluding hydrogens is 416 g/mol. The second kappa shape index (κ2) is 9.20. The molecule has 3 aromatic rings. The average Bonchev–Trinajstić information content (AvgIpc) is 3.04. The molecule has 6 nitrogen and oxygen atoms in total. The zero-order valence-corrected chi connectivity index (χ0v) is 19.1. The van der Waals surface area contributed by atoms with Crippen molar-refractivity contribution in [3.63, 3.8) is 0 Å². The number of nitrogens with one attached hydrogen (secondary N) is 1. The van der Waals surface area contributed by atoms with E-state index in [0.717, 1.165) is 16.7 Å². The molecule has 1 heterocycles. The molecule has 6 heteroatoms. The number of nitrogens with zero attached hydrogens (tertiary/aromatic N) is 1. The monoisotopic (exact) mass is 442 g/mol. The van der Waals surface area contributed by atoms with Gasteiger partial charge in [-0.15, -0.1) is 0 Å². The number of ether oxygens (including phenoxy) is 2. The van der Waals surface area contributed by atoms with Gasteiger partial charge >= 0.3 is 0 Å². The SMILES string of the molecule is COc1ccc(CN2C(=O)C(Nc3cc(C)ccc3OC)=C(c3ccc(C)cc3)C2=O)cc1. The van der Waals surface area contributed by atoms with E-state index >= 15 is 0 Å². The minimum absolute atomic E-state index is 0.160. The number of aryl methyl sites for hydroxylation is 2. The van der Waals surface area contributed by atoms with Crippen molar-refractivity contribution >= 4 is 23.1 Å². The van der Waals surface area contributed by atoms with Gasteiger partial charge in [0.25, 0.3) is 11.8 Å². The molecule has 0 atom stereocenters. The quantitative estimate of drug-likeness (QED) is 0.537. The molecule has 0 bridgehead atoms. The molecule has 1 aliphatic rings. The highest BCUT2D eigenvalue weighted by atomic mass is 16.5. The van der Waals surface area contributed by atoms with Gasteiger partial charge < -0.3 is 14.8 Å². The predicted octanol–water partition coefficient (Wildman–Crippen LogP) is 4.71. The largest absolute Gasteiger partial charge is 0.497 e. The second-order valence-corrected chi connectivity index (χ2v) is 7.99. The highest BCUT2D eigenvalue weighted by Gasteiger charge is 2.39. The molecule has 33 heavy (non-hydrogen) atoms. The van der Waals surface area contributed by atoms with Gasteiger partial charge in [-0.25, -0.2) is 0 Å². The third-order valence-corrected chi connectivity index (χ3v) is 5.62. The molecule has 0 saturated heterocycles. The van der Waals surface area contributed by atoms with Crippen molar-refractivity contribution in [3.8, 4) is 11.5 Å². The van der Waals surface area contributed by atoms with Crippen LogP contribution in [0.15, 0.2) is 72.4 Å². The third-order valence-electron chi connectivity index (χ3n) is 5.62. The van der Waals surface area contributed by atoms with Gasteiger partial charge in [-0.2, -0.15) is 0 Å². The number of hydrogen-bond acceptors (Lipinski definition) is 5. The molecule has 1 aliphatic heterocycles. The Morgan fingerprint density at radius 2 is 1.45 bits per heavy atom. The first kappa shape index (κ1) is 22.1. The van der Waals surface area contributed by atoms with Crippen LogP contribution in [0.3, 0.4) is 0 Å². The van der Waals surface area contributed by atoms with Gasteiger partial charge in [0.2, 0.25) is 0 Å². The van der Waals surface area contributed by atoms with Crippen LogP contribution in [0.2, 0.25) is 0 Å². The first-order valence-electron chi connectivity index (χ1n) is 10.6. The minimum Gasteiger partial charge on any atom is -0.497 e. The van der Waals surface area contributed by atoms with Gasteiger partial charge in [0, 0.05) is 0 Å². The number of methoxy groups -OCH3 is 2. The molecule has 0 unspecified atom stereocenters. The minimum atomic E-state index is -0.380. The first-order chi connectivity index (χ1) is 15.9. The van der Waals surface area contributed by atoms with Gasteiger partial charge in [0.1, 0.15) is 17.2 Å². The van der Waals surface area contributed by atoms with Crippen LogP contribution >= 0.6 is 0 Å². The number of carbonyl (C=O) groups excluding carboxylic acids is 2. The van der Waals surface area contributed by atoms with E-state index < -0.39 is 0 Å². The molecule has 168 valence electrons. The summed E-state index contributed by atoms with van der Waals surface area (Å²) in [5.74, 6) is 0.583. The topological polar surface area (TPSA) is 67.9 Å². The molecule has 0 fully saturated rings. The van der Waals surface area contributed by atoms with Crippen molar-refractivity contribution in [1.29, 1.82) is 0 Å². The van der Waals surface area contributed by atoms with Gasteiger partial charge in [0.15, 0.2) is 0 Å². The van der Waals surface area contributed by atoms with Crippen molar-refractivity contribution < 1.29 is 19.1 Å². The lowest BCUT2D eigenvalue weighted by atomic mass is 10.0. The van der Waals surface area contributed by atoms with E-state index in [1.54, 1.807) is 14.2 Å². The molecule has 1 N–H and O–H groups in total. The van der Waals surface area contributed by atoms with Crippen molar-refractivity contribution in [2.75, 3.05) is 19.5 Å². The van der Waals surface area contributed by atoms with Crippen LogP contribution in [0.4, 0.5) is 5.69 Å². The van der Waals surface area contributed by atoms with Crippen molar-refractivity contribution in [1.82, 2.24) is 4.90 Å². The Bertz CT molecular complexity index is 1230. The number of hydrogen-bond donors (Lipinski definition) is 1.